The summed E-state index contributed by atoms with van der Waals surface area (Å²) in [5.41, 5.74) is 1.18. The lowest BCUT2D eigenvalue weighted by Gasteiger charge is -2.36. The topological polar surface area (TPSA) is 44.8 Å². The van der Waals surface area contributed by atoms with Gasteiger partial charge < -0.3 is 19.9 Å². The molecular formula is C27H39ClIN3O2. The maximum atomic E-state index is 12.8. The first-order valence-electron chi connectivity index (χ1n) is 13.2. The van der Waals surface area contributed by atoms with Crippen LogP contribution in [0.15, 0.2) is 36.0 Å². The summed E-state index contributed by atoms with van der Waals surface area (Å²) >= 11 is 6.43. The zero-order valence-electron chi connectivity index (χ0n) is 20.1. The molecule has 34 heavy (non-hydrogen) atoms. The van der Waals surface area contributed by atoms with Crippen molar-refractivity contribution in [2.24, 2.45) is 17.8 Å². The van der Waals surface area contributed by atoms with Crippen LogP contribution in [0.1, 0.15) is 44.9 Å². The van der Waals surface area contributed by atoms with Crippen molar-refractivity contribution in [3.05, 3.63) is 36.0 Å². The number of urea groups is 1. The number of hydrogen-bond acceptors (Lipinski definition) is 3. The molecule has 3 heterocycles. The highest BCUT2D eigenvalue weighted by Crippen LogP contribution is 2.35. The zero-order chi connectivity index (χ0) is 23.3. The number of ether oxygens (including phenoxy) is 1. The third-order valence-corrected chi connectivity index (χ3v) is 11.1. The molecule has 0 radical (unpaired) electrons. The first-order valence-corrected chi connectivity index (χ1v) is 16.2. The summed E-state index contributed by atoms with van der Waals surface area (Å²) in [6, 6.07) is 0.0320. The van der Waals surface area contributed by atoms with Gasteiger partial charge in [-0.25, -0.2) is 4.79 Å². The Morgan fingerprint density at radius 1 is 1.18 bits per heavy atom. The second-order valence-electron chi connectivity index (χ2n) is 10.5. The highest BCUT2D eigenvalue weighted by atomic mass is 127. The van der Waals surface area contributed by atoms with Crippen LogP contribution in [0.3, 0.4) is 0 Å². The van der Waals surface area contributed by atoms with E-state index in [2.05, 4.69) is 40.6 Å². The van der Waals surface area contributed by atoms with Crippen LogP contribution in [0, 0.1) is 17.8 Å². The van der Waals surface area contributed by atoms with Crippen LogP contribution in [-0.2, 0) is 4.74 Å². The van der Waals surface area contributed by atoms with Gasteiger partial charge in [0.1, 0.15) is 3.69 Å². The van der Waals surface area contributed by atoms with E-state index in [0.29, 0.717) is 24.5 Å². The molecule has 188 valence electrons. The fourth-order valence-corrected chi connectivity index (χ4v) is 8.24. The summed E-state index contributed by atoms with van der Waals surface area (Å²) in [4.78, 5) is 17.4. The van der Waals surface area contributed by atoms with Gasteiger partial charge in [0.05, 0.1) is 6.10 Å². The van der Waals surface area contributed by atoms with Gasteiger partial charge in [-0.2, -0.15) is 0 Å². The van der Waals surface area contributed by atoms with Crippen LogP contribution in [0.25, 0.3) is 0 Å². The van der Waals surface area contributed by atoms with Crippen LogP contribution < -0.4 is 5.32 Å². The first kappa shape index (κ1) is 25.0. The van der Waals surface area contributed by atoms with Gasteiger partial charge in [0.25, 0.3) is 0 Å². The highest BCUT2D eigenvalue weighted by Gasteiger charge is 2.39. The summed E-state index contributed by atoms with van der Waals surface area (Å²) in [7, 11) is 0. The lowest BCUT2D eigenvalue weighted by molar-refractivity contribution is 0.0770. The minimum atomic E-state index is -0.0705. The van der Waals surface area contributed by atoms with Crippen molar-refractivity contribution in [2.45, 2.75) is 56.4 Å². The molecule has 1 N–H and O–H groups in total. The predicted molar refractivity (Wildman–Crippen MR) is 149 cm³/mol. The number of rotatable bonds is 6. The lowest BCUT2D eigenvalue weighted by atomic mass is 9.85. The molecule has 2 saturated heterocycles. The van der Waals surface area contributed by atoms with E-state index in [1.807, 2.05) is 4.90 Å². The van der Waals surface area contributed by atoms with Gasteiger partial charge in [-0.1, -0.05) is 51.5 Å². The number of piperidine rings is 1. The van der Waals surface area contributed by atoms with E-state index < -0.39 is 0 Å². The van der Waals surface area contributed by atoms with Crippen LogP contribution in [0.5, 0.6) is 0 Å². The van der Waals surface area contributed by atoms with Crippen molar-refractivity contribution in [3.63, 3.8) is 0 Å². The maximum Gasteiger partial charge on any atom is 0.317 e. The number of hydrogen-bond donors (Lipinski definition) is 1. The molecule has 5 aliphatic rings. The number of nitrogens with one attached hydrogen (secondary N) is 1. The SMILES string of the molecule is O=C(NCC1=C/CCI=C(OC2CCN(CC3CCC3)CC2)/C=C\1)N1CC2C=CCC(Cl)C2C1. The number of alkyl halides is 2. The number of nitrogens with zero attached hydrogens (tertiary/aromatic N) is 2. The minimum Gasteiger partial charge on any atom is -0.337 e. The van der Waals surface area contributed by atoms with Crippen LogP contribution in [0.2, 0.25) is 0 Å². The van der Waals surface area contributed by atoms with Crippen LogP contribution >= 0.6 is 32.3 Å². The van der Waals surface area contributed by atoms with Crippen molar-refractivity contribution in [1.82, 2.24) is 15.1 Å². The summed E-state index contributed by atoms with van der Waals surface area (Å²) in [5.74, 6) is 1.76. The second-order valence-corrected chi connectivity index (χ2v) is 14.0. The first-order chi connectivity index (χ1) is 16.6. The molecule has 3 atom stereocenters. The van der Waals surface area contributed by atoms with Gasteiger partial charge in [-0.05, 0) is 56.1 Å². The molecule has 5 rings (SSSR count). The summed E-state index contributed by atoms with van der Waals surface area (Å²) in [6.07, 6.45) is 20.0. The molecule has 0 aromatic heterocycles. The van der Waals surface area contributed by atoms with E-state index in [-0.39, 0.29) is 32.1 Å². The van der Waals surface area contributed by atoms with E-state index in [9.17, 15) is 4.79 Å². The standard InChI is InChI=1S/C27H39ClIN3O2/c28-25-8-2-7-22-18-32(19-24(22)25)27(33)30-16-20-6-3-13-29-26(10-9-20)34-23-11-14-31(15-12-23)17-21-4-1-5-21/h2,6-7,9-10,21-25H,1,3-5,8,11-19H2,(H,30,33)/b10-9-,20-6+. The zero-order valence-corrected chi connectivity index (χ0v) is 23.1. The predicted octanol–water partition coefficient (Wildman–Crippen LogP) is 5.08. The van der Waals surface area contributed by atoms with Crippen molar-refractivity contribution in [2.75, 3.05) is 43.7 Å². The Bertz CT molecular complexity index is 845. The minimum absolute atomic E-state index is 0.0320. The normalized spacial score (nSPS) is 33.4. The number of halogens is 2. The van der Waals surface area contributed by atoms with Gasteiger partial charge in [-0.3, -0.25) is 0 Å². The highest BCUT2D eigenvalue weighted by molar-refractivity contribution is 14.2. The molecule has 3 unspecified atom stereocenters. The third-order valence-electron chi connectivity index (χ3n) is 8.08. The molecule has 3 aliphatic heterocycles. The molecule has 7 heteroatoms. The van der Waals surface area contributed by atoms with E-state index >= 15 is 0 Å². The van der Waals surface area contributed by atoms with E-state index in [1.54, 1.807) is 0 Å². The van der Waals surface area contributed by atoms with E-state index in [4.69, 9.17) is 16.3 Å². The molecule has 0 aromatic rings. The number of carbonyl (C=O) groups is 1. The molecule has 2 aliphatic carbocycles. The number of carbonyl (C=O) groups excluding carboxylic acids is 1. The van der Waals surface area contributed by atoms with Gasteiger partial charge in [0.2, 0.25) is 0 Å². The van der Waals surface area contributed by atoms with Crippen LogP contribution in [-0.4, -0.2) is 74.7 Å². The quantitative estimate of drug-likeness (QED) is 0.263. The van der Waals surface area contributed by atoms with Crippen molar-refractivity contribution >= 4 is 42.1 Å². The molecule has 0 spiro atoms. The average molecular weight is 600 g/mol. The Morgan fingerprint density at radius 2 is 2.03 bits per heavy atom. The summed E-state index contributed by atoms with van der Waals surface area (Å²) < 4.78 is 8.91. The number of fused-ring (bicyclic) bond motifs is 1. The van der Waals surface area contributed by atoms with Gasteiger partial charge in [0, 0.05) is 60.9 Å². The number of allylic oxidation sites excluding steroid dienone is 2. The molecule has 0 bridgehead atoms. The molecule has 5 nitrogen and oxygen atoms in total. The summed E-state index contributed by atoms with van der Waals surface area (Å²) in [6.45, 7) is 5.79. The van der Waals surface area contributed by atoms with Gasteiger partial charge in [0.15, 0.2) is 0 Å². The van der Waals surface area contributed by atoms with Crippen molar-refractivity contribution in [1.29, 1.82) is 0 Å². The van der Waals surface area contributed by atoms with E-state index in [1.165, 1.54) is 52.6 Å². The number of amides is 2. The Morgan fingerprint density at radius 3 is 2.79 bits per heavy atom. The van der Waals surface area contributed by atoms with Gasteiger partial charge in [-0.15, -0.1) is 11.6 Å². The van der Waals surface area contributed by atoms with Gasteiger partial charge >= 0.3 is 6.03 Å². The fraction of sp³-hybridized carbons (Fsp3) is 0.704. The Labute approximate surface area is 219 Å². The van der Waals surface area contributed by atoms with Crippen molar-refractivity contribution in [3.8, 4) is 0 Å². The largest absolute Gasteiger partial charge is 0.337 e. The third kappa shape index (κ3) is 6.54. The fourth-order valence-electron chi connectivity index (χ4n) is 5.74. The molecule has 1 saturated carbocycles. The Hall–Kier alpha value is -0.700. The van der Waals surface area contributed by atoms with Crippen LogP contribution in [0.4, 0.5) is 4.79 Å². The molecule has 2 amide bonds. The average Bonchev–Trinajstić information content (AvgIpc) is 3.25. The maximum absolute atomic E-state index is 12.8. The Balaban J connectivity index is 1.06. The molecule has 3 fully saturated rings. The second kappa shape index (κ2) is 12.0. The summed E-state index contributed by atoms with van der Waals surface area (Å²) in [5, 5.41) is 3.30. The lowest BCUT2D eigenvalue weighted by Crippen LogP contribution is -2.41. The monoisotopic (exact) mass is 599 g/mol. The molecule has 0 aromatic carbocycles. The van der Waals surface area contributed by atoms with E-state index in [0.717, 1.165) is 44.7 Å². The Kier molecular flexibility index (Phi) is 8.83. The number of likely N-dealkylation sites (tertiary alicyclic amines) is 2. The molecular weight excluding hydrogens is 561 g/mol. The smallest absolute Gasteiger partial charge is 0.317 e. The van der Waals surface area contributed by atoms with Crippen molar-refractivity contribution < 1.29 is 9.53 Å².